The molecule has 136 valence electrons. The lowest BCUT2D eigenvalue weighted by molar-refractivity contribution is -0.385. The lowest BCUT2D eigenvalue weighted by atomic mass is 10.1. The molecular formula is C16H22N4O5. The third-order valence-electron chi connectivity index (χ3n) is 3.90. The largest absolute Gasteiger partial charge is 0.502 e. The van der Waals surface area contributed by atoms with Crippen molar-refractivity contribution in [2.75, 3.05) is 32.7 Å². The molecule has 1 fully saturated rings. The fourth-order valence-electron chi connectivity index (χ4n) is 2.67. The van der Waals surface area contributed by atoms with E-state index in [0.717, 1.165) is 12.1 Å². The zero-order chi connectivity index (χ0) is 18.6. The van der Waals surface area contributed by atoms with Crippen LogP contribution in [-0.2, 0) is 4.79 Å². The van der Waals surface area contributed by atoms with Gasteiger partial charge in [-0.2, -0.15) is 0 Å². The second-order valence-electron chi connectivity index (χ2n) is 6.25. The van der Waals surface area contributed by atoms with Crippen molar-refractivity contribution >= 4 is 17.5 Å². The molecule has 2 rings (SSSR count). The average molecular weight is 350 g/mol. The molecule has 0 aromatic heterocycles. The van der Waals surface area contributed by atoms with Crippen molar-refractivity contribution in [1.29, 1.82) is 0 Å². The topological polar surface area (TPSA) is 116 Å². The number of piperazine rings is 1. The van der Waals surface area contributed by atoms with E-state index in [9.17, 15) is 24.8 Å². The number of nitrogens with one attached hydrogen (secondary N) is 1. The van der Waals surface area contributed by atoms with Crippen molar-refractivity contribution in [1.82, 2.24) is 15.1 Å². The summed E-state index contributed by atoms with van der Waals surface area (Å²) in [5.41, 5.74) is -0.230. The van der Waals surface area contributed by atoms with Crippen molar-refractivity contribution < 1.29 is 19.6 Å². The summed E-state index contributed by atoms with van der Waals surface area (Å²) < 4.78 is 0. The van der Waals surface area contributed by atoms with Crippen LogP contribution < -0.4 is 5.32 Å². The first kappa shape index (κ1) is 18.7. The molecule has 9 nitrogen and oxygen atoms in total. The monoisotopic (exact) mass is 350 g/mol. The van der Waals surface area contributed by atoms with Crippen molar-refractivity contribution in [2.24, 2.45) is 0 Å². The smallest absolute Gasteiger partial charge is 0.310 e. The summed E-state index contributed by atoms with van der Waals surface area (Å²) in [4.78, 5) is 37.8. The van der Waals surface area contributed by atoms with Gasteiger partial charge in [-0.1, -0.05) is 0 Å². The molecule has 25 heavy (non-hydrogen) atoms. The second kappa shape index (κ2) is 7.93. The van der Waals surface area contributed by atoms with E-state index in [2.05, 4.69) is 5.32 Å². The van der Waals surface area contributed by atoms with Gasteiger partial charge < -0.3 is 15.3 Å². The highest BCUT2D eigenvalue weighted by molar-refractivity contribution is 5.95. The fourth-order valence-corrected chi connectivity index (χ4v) is 2.67. The quantitative estimate of drug-likeness (QED) is 0.593. The number of nitrogens with zero attached hydrogens (tertiary/aromatic N) is 3. The van der Waals surface area contributed by atoms with E-state index >= 15 is 0 Å². The van der Waals surface area contributed by atoms with E-state index in [0.29, 0.717) is 32.7 Å². The number of aromatic hydroxyl groups is 1. The van der Waals surface area contributed by atoms with Gasteiger partial charge in [0.1, 0.15) is 0 Å². The van der Waals surface area contributed by atoms with Crippen LogP contribution in [0.4, 0.5) is 5.69 Å². The molecule has 0 bridgehead atoms. The average Bonchev–Trinajstić information content (AvgIpc) is 2.53. The number of amides is 2. The minimum atomic E-state index is -0.704. The van der Waals surface area contributed by atoms with Gasteiger partial charge in [0.15, 0.2) is 5.75 Å². The predicted molar refractivity (Wildman–Crippen MR) is 90.4 cm³/mol. The Balaban J connectivity index is 1.92. The number of nitro benzene ring substituents is 1. The third-order valence-corrected chi connectivity index (χ3v) is 3.90. The molecule has 1 aromatic carbocycles. The molecular weight excluding hydrogens is 328 g/mol. The first-order valence-electron chi connectivity index (χ1n) is 8.06. The Morgan fingerprint density at radius 1 is 1.28 bits per heavy atom. The van der Waals surface area contributed by atoms with Crippen LogP contribution in [0.2, 0.25) is 0 Å². The molecule has 9 heteroatoms. The Labute approximate surface area is 145 Å². The standard InChI is InChI=1S/C16H22N4O5/c1-11(2)17-15(22)10-18-5-7-19(8-6-18)16(23)12-3-4-13(20(24)25)14(21)9-12/h3-4,9,11,21H,5-8,10H2,1-2H3,(H,17,22). The Morgan fingerprint density at radius 2 is 1.92 bits per heavy atom. The van der Waals surface area contributed by atoms with Crippen molar-refractivity contribution in [2.45, 2.75) is 19.9 Å². The number of benzene rings is 1. The predicted octanol–water partition coefficient (Wildman–Crippen LogP) is 0.583. The number of carbonyl (C=O) groups excluding carboxylic acids is 2. The summed E-state index contributed by atoms with van der Waals surface area (Å²) in [6.45, 7) is 6.12. The maximum atomic E-state index is 12.5. The van der Waals surface area contributed by atoms with Gasteiger partial charge >= 0.3 is 5.69 Å². The molecule has 0 unspecified atom stereocenters. The number of nitro groups is 1. The molecule has 0 radical (unpaired) electrons. The van der Waals surface area contributed by atoms with Crippen LogP contribution in [0.15, 0.2) is 18.2 Å². The minimum Gasteiger partial charge on any atom is -0.502 e. The van der Waals surface area contributed by atoms with Gasteiger partial charge in [-0.25, -0.2) is 0 Å². The van der Waals surface area contributed by atoms with Crippen molar-refractivity contribution in [3.63, 3.8) is 0 Å². The van der Waals surface area contributed by atoms with Crippen LogP contribution >= 0.6 is 0 Å². The highest BCUT2D eigenvalue weighted by atomic mass is 16.6. The summed E-state index contributed by atoms with van der Waals surface area (Å²) in [6, 6.07) is 3.66. The van der Waals surface area contributed by atoms with Crippen LogP contribution in [0.3, 0.4) is 0 Å². The minimum absolute atomic E-state index is 0.0462. The molecule has 0 atom stereocenters. The Morgan fingerprint density at radius 3 is 2.44 bits per heavy atom. The Hall–Kier alpha value is -2.68. The van der Waals surface area contributed by atoms with Crippen molar-refractivity contribution in [3.8, 4) is 5.75 Å². The Bertz CT molecular complexity index is 668. The third kappa shape index (κ3) is 4.90. The van der Waals surface area contributed by atoms with Gasteiger partial charge in [0.2, 0.25) is 5.91 Å². The van der Waals surface area contributed by atoms with Crippen molar-refractivity contribution in [3.05, 3.63) is 33.9 Å². The van der Waals surface area contributed by atoms with Crippen LogP contribution in [0.25, 0.3) is 0 Å². The number of hydrogen-bond acceptors (Lipinski definition) is 6. The van der Waals surface area contributed by atoms with Gasteiger partial charge in [-0.15, -0.1) is 0 Å². The van der Waals surface area contributed by atoms with E-state index in [4.69, 9.17) is 0 Å². The molecule has 1 aliphatic rings. The van der Waals surface area contributed by atoms with Gasteiger partial charge in [0.25, 0.3) is 5.91 Å². The number of phenols is 1. The summed E-state index contributed by atoms with van der Waals surface area (Å²) >= 11 is 0. The maximum Gasteiger partial charge on any atom is 0.310 e. The van der Waals surface area contributed by atoms with Gasteiger partial charge in [0, 0.05) is 43.9 Å². The summed E-state index contributed by atoms with van der Waals surface area (Å²) in [5, 5.41) is 23.2. The molecule has 0 aliphatic carbocycles. The highest BCUT2D eigenvalue weighted by Gasteiger charge is 2.25. The van der Waals surface area contributed by atoms with E-state index in [1.807, 2.05) is 18.7 Å². The number of phenolic OH excluding ortho intramolecular Hbond substituents is 1. The maximum absolute atomic E-state index is 12.5. The number of rotatable bonds is 5. The molecule has 0 saturated carbocycles. The van der Waals surface area contributed by atoms with Gasteiger partial charge in [0.05, 0.1) is 11.5 Å². The SMILES string of the molecule is CC(C)NC(=O)CN1CCN(C(=O)c2ccc([N+](=O)[O-])c(O)c2)CC1. The first-order valence-corrected chi connectivity index (χ1v) is 8.06. The van der Waals surface area contributed by atoms with E-state index in [1.54, 1.807) is 4.90 Å². The molecule has 1 aromatic rings. The fraction of sp³-hybridized carbons (Fsp3) is 0.500. The lowest BCUT2D eigenvalue weighted by Crippen LogP contribution is -2.51. The molecule has 1 saturated heterocycles. The summed E-state index contributed by atoms with van der Waals surface area (Å²) in [5.74, 6) is -0.869. The summed E-state index contributed by atoms with van der Waals surface area (Å²) in [7, 11) is 0. The highest BCUT2D eigenvalue weighted by Crippen LogP contribution is 2.26. The molecule has 2 N–H and O–H groups in total. The molecule has 0 spiro atoms. The van der Waals surface area contributed by atoms with Crippen LogP contribution in [0.1, 0.15) is 24.2 Å². The molecule has 1 heterocycles. The van der Waals surface area contributed by atoms with Crippen LogP contribution in [0.5, 0.6) is 5.75 Å². The summed E-state index contributed by atoms with van der Waals surface area (Å²) in [6.07, 6.45) is 0. The normalized spacial score (nSPS) is 15.2. The van der Waals surface area contributed by atoms with Gasteiger partial charge in [-0.05, 0) is 26.0 Å². The number of hydrogen-bond donors (Lipinski definition) is 2. The molecule has 1 aliphatic heterocycles. The number of carbonyl (C=O) groups is 2. The van der Waals surface area contributed by atoms with Crippen LogP contribution in [-0.4, -0.2) is 70.4 Å². The zero-order valence-electron chi connectivity index (χ0n) is 14.3. The van der Waals surface area contributed by atoms with E-state index < -0.39 is 16.4 Å². The molecule has 2 amide bonds. The van der Waals surface area contributed by atoms with E-state index in [1.165, 1.54) is 6.07 Å². The Kier molecular flexibility index (Phi) is 5.92. The van der Waals surface area contributed by atoms with Crippen LogP contribution in [0, 0.1) is 10.1 Å². The van der Waals surface area contributed by atoms with E-state index in [-0.39, 0.29) is 23.4 Å². The lowest BCUT2D eigenvalue weighted by Gasteiger charge is -2.34. The second-order valence-corrected chi connectivity index (χ2v) is 6.25. The zero-order valence-corrected chi connectivity index (χ0v) is 14.3. The van der Waals surface area contributed by atoms with Gasteiger partial charge in [-0.3, -0.25) is 24.6 Å². The first-order chi connectivity index (χ1) is 11.8.